The summed E-state index contributed by atoms with van der Waals surface area (Å²) in [5, 5.41) is 18.2. The standard InChI is InChI=1S/C13H7ClF3N7O2S/c14-7-3-6(13(15,16)17)4-19-9(7)22-10-8(24(25)26)11(21-5-20-10)23-12-18-1-2-27-12/h1-5H,(H2,18,19,20,21,22,23). The number of thiazole rings is 1. The number of aromatic nitrogens is 4. The van der Waals surface area contributed by atoms with Crippen LogP contribution in [0, 0.1) is 10.1 Å². The fraction of sp³-hybridized carbons (Fsp3) is 0.0769. The van der Waals surface area contributed by atoms with Gasteiger partial charge in [0, 0.05) is 17.8 Å². The van der Waals surface area contributed by atoms with Crippen LogP contribution in [0.3, 0.4) is 0 Å². The van der Waals surface area contributed by atoms with Crippen LogP contribution in [0.1, 0.15) is 5.56 Å². The molecule has 140 valence electrons. The molecule has 0 fully saturated rings. The highest BCUT2D eigenvalue weighted by Gasteiger charge is 2.32. The number of nitrogens with zero attached hydrogens (tertiary/aromatic N) is 5. The SMILES string of the molecule is O=[N+]([O-])c1c(Nc2nccs2)ncnc1Nc1ncc(C(F)(F)F)cc1Cl. The first-order chi connectivity index (χ1) is 12.8. The molecule has 3 aromatic heterocycles. The minimum atomic E-state index is -4.62. The van der Waals surface area contributed by atoms with Crippen LogP contribution < -0.4 is 10.6 Å². The number of hydrogen-bond acceptors (Lipinski definition) is 9. The summed E-state index contributed by atoms with van der Waals surface area (Å²) in [5.74, 6) is -0.689. The summed E-state index contributed by atoms with van der Waals surface area (Å²) < 4.78 is 38.1. The lowest BCUT2D eigenvalue weighted by molar-refractivity contribution is -0.383. The minimum absolute atomic E-state index is 0.157. The molecule has 0 amide bonds. The molecule has 0 bridgehead atoms. The Morgan fingerprint density at radius 1 is 1.11 bits per heavy atom. The van der Waals surface area contributed by atoms with Crippen molar-refractivity contribution in [2.75, 3.05) is 10.6 Å². The smallest absolute Gasteiger partial charge is 0.318 e. The summed E-state index contributed by atoms with van der Waals surface area (Å²) in [6, 6.07) is 0.651. The number of hydrogen-bond donors (Lipinski definition) is 2. The maximum Gasteiger partial charge on any atom is 0.417 e. The van der Waals surface area contributed by atoms with Gasteiger partial charge in [0.15, 0.2) is 10.9 Å². The third kappa shape index (κ3) is 4.20. The van der Waals surface area contributed by atoms with Gasteiger partial charge in [-0.15, -0.1) is 11.3 Å². The molecular formula is C13H7ClF3N7O2S. The number of nitrogens with one attached hydrogen (secondary N) is 2. The molecule has 2 N–H and O–H groups in total. The molecule has 9 nitrogen and oxygen atoms in total. The van der Waals surface area contributed by atoms with E-state index in [-0.39, 0.29) is 22.5 Å². The van der Waals surface area contributed by atoms with Crippen LogP contribution in [0.15, 0.2) is 30.2 Å². The van der Waals surface area contributed by atoms with E-state index in [2.05, 4.69) is 30.6 Å². The topological polar surface area (TPSA) is 119 Å². The molecule has 0 saturated carbocycles. The Kier molecular flexibility index (Phi) is 5.05. The maximum atomic E-state index is 12.7. The van der Waals surface area contributed by atoms with E-state index < -0.39 is 22.4 Å². The normalized spacial score (nSPS) is 11.3. The van der Waals surface area contributed by atoms with E-state index in [0.717, 1.165) is 6.33 Å². The molecule has 0 atom stereocenters. The van der Waals surface area contributed by atoms with E-state index in [9.17, 15) is 23.3 Å². The Hall–Kier alpha value is -3.06. The highest BCUT2D eigenvalue weighted by molar-refractivity contribution is 7.13. The van der Waals surface area contributed by atoms with Gasteiger partial charge in [-0.2, -0.15) is 13.2 Å². The van der Waals surface area contributed by atoms with Gasteiger partial charge in [-0.25, -0.2) is 19.9 Å². The van der Waals surface area contributed by atoms with E-state index >= 15 is 0 Å². The molecule has 0 unspecified atom stereocenters. The first-order valence-corrected chi connectivity index (χ1v) is 8.17. The molecule has 0 spiro atoms. The van der Waals surface area contributed by atoms with E-state index in [4.69, 9.17) is 11.6 Å². The van der Waals surface area contributed by atoms with Crippen LogP contribution >= 0.6 is 22.9 Å². The van der Waals surface area contributed by atoms with Gasteiger partial charge in [0.05, 0.1) is 15.5 Å². The fourth-order valence-corrected chi connectivity index (χ4v) is 2.66. The van der Waals surface area contributed by atoms with E-state index in [1.54, 1.807) is 5.38 Å². The molecule has 0 radical (unpaired) electrons. The average molecular weight is 418 g/mol. The summed E-state index contributed by atoms with van der Waals surface area (Å²) in [7, 11) is 0. The molecule has 3 rings (SSSR count). The lowest BCUT2D eigenvalue weighted by Crippen LogP contribution is -2.08. The third-order valence-corrected chi connectivity index (χ3v) is 4.04. The molecule has 0 saturated heterocycles. The molecular weight excluding hydrogens is 411 g/mol. The number of anilines is 4. The Balaban J connectivity index is 1.96. The van der Waals surface area contributed by atoms with Crippen molar-refractivity contribution in [2.45, 2.75) is 6.18 Å². The Morgan fingerprint density at radius 2 is 1.81 bits per heavy atom. The van der Waals surface area contributed by atoms with E-state index in [0.29, 0.717) is 17.4 Å². The third-order valence-electron chi connectivity index (χ3n) is 3.07. The quantitative estimate of drug-likeness (QED) is 0.463. The van der Waals surface area contributed by atoms with Gasteiger partial charge in [-0.3, -0.25) is 10.1 Å². The maximum absolute atomic E-state index is 12.7. The highest BCUT2D eigenvalue weighted by Crippen LogP contribution is 2.36. The zero-order valence-corrected chi connectivity index (χ0v) is 14.4. The number of halogens is 4. The number of pyridine rings is 1. The highest BCUT2D eigenvalue weighted by atomic mass is 35.5. The number of nitro groups is 1. The lowest BCUT2D eigenvalue weighted by atomic mass is 10.2. The predicted octanol–water partition coefficient (Wildman–Crippen LogP) is 4.40. The Morgan fingerprint density at radius 3 is 2.37 bits per heavy atom. The summed E-state index contributed by atoms with van der Waals surface area (Å²) >= 11 is 7.00. The van der Waals surface area contributed by atoms with Crippen LogP contribution in [0.5, 0.6) is 0 Å². The van der Waals surface area contributed by atoms with Crippen LogP contribution in [0.4, 0.5) is 41.4 Å². The second kappa shape index (κ2) is 7.28. The van der Waals surface area contributed by atoms with Gasteiger partial charge in [-0.05, 0) is 6.07 Å². The van der Waals surface area contributed by atoms with Crippen molar-refractivity contribution in [3.63, 3.8) is 0 Å². The summed E-state index contributed by atoms with van der Waals surface area (Å²) in [4.78, 5) is 25.8. The Bertz CT molecular complexity index is 985. The zero-order valence-electron chi connectivity index (χ0n) is 12.9. The average Bonchev–Trinajstić information content (AvgIpc) is 3.08. The second-order valence-electron chi connectivity index (χ2n) is 4.82. The van der Waals surface area contributed by atoms with Crippen molar-refractivity contribution in [1.82, 2.24) is 19.9 Å². The second-order valence-corrected chi connectivity index (χ2v) is 6.12. The van der Waals surface area contributed by atoms with Gasteiger partial charge >= 0.3 is 11.9 Å². The van der Waals surface area contributed by atoms with Gasteiger partial charge in [0.1, 0.15) is 6.33 Å². The van der Waals surface area contributed by atoms with Crippen LogP contribution in [0.25, 0.3) is 0 Å². The molecule has 0 aliphatic rings. The predicted molar refractivity (Wildman–Crippen MR) is 91.6 cm³/mol. The van der Waals surface area contributed by atoms with Crippen LogP contribution in [-0.4, -0.2) is 24.9 Å². The molecule has 0 aliphatic heterocycles. The lowest BCUT2D eigenvalue weighted by Gasteiger charge is -2.11. The van der Waals surface area contributed by atoms with E-state index in [1.165, 1.54) is 17.5 Å². The van der Waals surface area contributed by atoms with Gasteiger partial charge in [0.2, 0.25) is 11.6 Å². The van der Waals surface area contributed by atoms with Crippen molar-refractivity contribution in [2.24, 2.45) is 0 Å². The van der Waals surface area contributed by atoms with E-state index in [1.807, 2.05) is 0 Å². The van der Waals surface area contributed by atoms with Gasteiger partial charge in [-0.1, -0.05) is 11.6 Å². The summed E-state index contributed by atoms with van der Waals surface area (Å²) in [6.45, 7) is 0. The molecule has 14 heteroatoms. The van der Waals surface area contributed by atoms with Gasteiger partial charge in [0.25, 0.3) is 0 Å². The largest absolute Gasteiger partial charge is 0.417 e. The summed E-state index contributed by atoms with van der Waals surface area (Å²) in [6.07, 6.45) is -1.55. The molecule has 27 heavy (non-hydrogen) atoms. The van der Waals surface area contributed by atoms with Crippen molar-refractivity contribution >= 4 is 51.2 Å². The first kappa shape index (κ1) is 18.7. The van der Waals surface area contributed by atoms with Gasteiger partial charge < -0.3 is 10.6 Å². The Labute approximate surface area is 157 Å². The van der Waals surface area contributed by atoms with Crippen molar-refractivity contribution in [1.29, 1.82) is 0 Å². The number of rotatable bonds is 5. The van der Waals surface area contributed by atoms with Crippen molar-refractivity contribution < 1.29 is 18.1 Å². The molecule has 3 aromatic rings. The van der Waals surface area contributed by atoms with Crippen molar-refractivity contribution in [3.05, 3.63) is 50.9 Å². The molecule has 0 aliphatic carbocycles. The fourth-order valence-electron chi connectivity index (χ4n) is 1.92. The first-order valence-electron chi connectivity index (χ1n) is 6.91. The molecule has 3 heterocycles. The van der Waals surface area contributed by atoms with Crippen molar-refractivity contribution in [3.8, 4) is 0 Å². The molecule has 0 aromatic carbocycles. The van der Waals surface area contributed by atoms with Crippen LogP contribution in [0.2, 0.25) is 5.02 Å². The zero-order chi connectivity index (χ0) is 19.6. The minimum Gasteiger partial charge on any atom is -0.318 e. The summed E-state index contributed by atoms with van der Waals surface area (Å²) in [5.41, 5.74) is -1.60. The van der Waals surface area contributed by atoms with Crippen LogP contribution in [-0.2, 0) is 6.18 Å². The number of alkyl halides is 3. The monoisotopic (exact) mass is 417 g/mol.